The van der Waals surface area contributed by atoms with Crippen LogP contribution < -0.4 is 0 Å². The number of fused-ring (bicyclic) bond motifs is 1. The van der Waals surface area contributed by atoms with Crippen molar-refractivity contribution in [3.63, 3.8) is 0 Å². The van der Waals surface area contributed by atoms with E-state index in [1.165, 1.54) is 5.56 Å². The van der Waals surface area contributed by atoms with E-state index in [2.05, 4.69) is 59.3 Å². The van der Waals surface area contributed by atoms with Crippen molar-refractivity contribution in [1.29, 1.82) is 0 Å². The first-order valence-corrected chi connectivity index (χ1v) is 7.76. The van der Waals surface area contributed by atoms with E-state index < -0.39 is 0 Å². The molecule has 1 aromatic carbocycles. The van der Waals surface area contributed by atoms with Crippen molar-refractivity contribution >= 4 is 11.0 Å². The molecule has 24 heavy (non-hydrogen) atoms. The summed E-state index contributed by atoms with van der Waals surface area (Å²) in [5, 5.41) is 7.83. The lowest BCUT2D eigenvalue weighted by Gasteiger charge is -2.18. The fraction of sp³-hybridized carbons (Fsp3) is 0.222. The van der Waals surface area contributed by atoms with Gasteiger partial charge in [-0.25, -0.2) is 4.98 Å². The second-order valence-corrected chi connectivity index (χ2v) is 6.71. The first kappa shape index (κ1) is 14.6. The molecule has 3 aromatic heterocycles. The van der Waals surface area contributed by atoms with E-state index >= 15 is 0 Å². The molecule has 4 rings (SSSR count). The first-order valence-electron chi connectivity index (χ1n) is 7.76. The van der Waals surface area contributed by atoms with Gasteiger partial charge in [-0.15, -0.1) is 0 Å². The number of benzene rings is 1. The number of hydrogen-bond acceptors (Lipinski definition) is 5. The zero-order valence-electron chi connectivity index (χ0n) is 13.8. The van der Waals surface area contributed by atoms with Crippen LogP contribution in [0.25, 0.3) is 28.3 Å². The third-order valence-corrected chi connectivity index (χ3v) is 4.01. The Hall–Kier alpha value is -3.02. The summed E-state index contributed by atoms with van der Waals surface area (Å²) in [5.74, 6) is 1.11. The van der Waals surface area contributed by atoms with Gasteiger partial charge in [0.25, 0.3) is 0 Å². The molecule has 0 saturated carbocycles. The SMILES string of the molecule is CC(C)(C)c1ccc2c(c1)ncn2-c1nnoc1-c1ccccn1. The molecular formula is C18H17N5O. The van der Waals surface area contributed by atoms with Crippen molar-refractivity contribution in [2.45, 2.75) is 26.2 Å². The van der Waals surface area contributed by atoms with Crippen LogP contribution in [0.2, 0.25) is 0 Å². The average Bonchev–Trinajstić information content (AvgIpc) is 3.20. The van der Waals surface area contributed by atoms with Gasteiger partial charge in [0.15, 0.2) is 0 Å². The minimum atomic E-state index is 0.0759. The lowest BCUT2D eigenvalue weighted by atomic mass is 9.87. The Morgan fingerprint density at radius 3 is 2.67 bits per heavy atom. The molecule has 3 heterocycles. The number of imidazole rings is 1. The van der Waals surface area contributed by atoms with Crippen LogP contribution >= 0.6 is 0 Å². The van der Waals surface area contributed by atoms with Crippen LogP contribution in [0.15, 0.2) is 53.4 Å². The van der Waals surface area contributed by atoms with Gasteiger partial charge in [0.2, 0.25) is 11.6 Å². The van der Waals surface area contributed by atoms with Crippen molar-refractivity contribution < 1.29 is 4.52 Å². The van der Waals surface area contributed by atoms with Crippen molar-refractivity contribution in [2.75, 3.05) is 0 Å². The Morgan fingerprint density at radius 1 is 1.04 bits per heavy atom. The molecule has 0 aliphatic heterocycles. The molecule has 6 nitrogen and oxygen atoms in total. The monoisotopic (exact) mass is 319 g/mol. The van der Waals surface area contributed by atoms with Crippen LogP contribution in [0.3, 0.4) is 0 Å². The third-order valence-electron chi connectivity index (χ3n) is 4.01. The minimum Gasteiger partial charge on any atom is -0.333 e. The second kappa shape index (κ2) is 5.26. The summed E-state index contributed by atoms with van der Waals surface area (Å²) in [6.07, 6.45) is 3.45. The van der Waals surface area contributed by atoms with Gasteiger partial charge in [0, 0.05) is 11.5 Å². The molecule has 0 spiro atoms. The van der Waals surface area contributed by atoms with Gasteiger partial charge in [-0.1, -0.05) is 38.0 Å². The molecule has 4 aromatic rings. The zero-order chi connectivity index (χ0) is 16.7. The fourth-order valence-electron chi connectivity index (χ4n) is 2.65. The van der Waals surface area contributed by atoms with E-state index in [0.717, 1.165) is 11.0 Å². The number of nitrogens with zero attached hydrogens (tertiary/aromatic N) is 5. The minimum absolute atomic E-state index is 0.0759. The van der Waals surface area contributed by atoms with Crippen molar-refractivity contribution in [3.05, 3.63) is 54.5 Å². The van der Waals surface area contributed by atoms with E-state index in [4.69, 9.17) is 4.52 Å². The number of hydrogen-bond donors (Lipinski definition) is 0. The highest BCUT2D eigenvalue weighted by atomic mass is 16.5. The lowest BCUT2D eigenvalue weighted by Crippen LogP contribution is -2.10. The number of rotatable bonds is 2. The summed E-state index contributed by atoms with van der Waals surface area (Å²) < 4.78 is 7.21. The molecule has 0 aliphatic carbocycles. The standard InChI is InChI=1S/C18H17N5O/c1-18(2,3)12-7-8-15-14(10-12)20-11-23(15)17-16(24-22-21-17)13-6-4-5-9-19-13/h4-11H,1-3H3. The summed E-state index contributed by atoms with van der Waals surface area (Å²) >= 11 is 0. The summed E-state index contributed by atoms with van der Waals surface area (Å²) in [7, 11) is 0. The van der Waals surface area contributed by atoms with Crippen molar-refractivity contribution in [2.24, 2.45) is 0 Å². The van der Waals surface area contributed by atoms with Crippen LogP contribution in [0.1, 0.15) is 26.3 Å². The summed E-state index contributed by atoms with van der Waals surface area (Å²) in [4.78, 5) is 8.83. The molecule has 0 atom stereocenters. The molecule has 0 N–H and O–H groups in total. The van der Waals surface area contributed by atoms with Crippen molar-refractivity contribution in [3.8, 4) is 17.3 Å². The molecule has 0 saturated heterocycles. The Labute approximate surface area is 139 Å². The van der Waals surface area contributed by atoms with E-state index in [1.54, 1.807) is 12.5 Å². The van der Waals surface area contributed by atoms with Gasteiger partial charge >= 0.3 is 0 Å². The second-order valence-electron chi connectivity index (χ2n) is 6.71. The highest BCUT2D eigenvalue weighted by molar-refractivity contribution is 5.79. The Balaban J connectivity index is 1.86. The molecule has 0 bridgehead atoms. The van der Waals surface area contributed by atoms with Gasteiger partial charge in [0.1, 0.15) is 12.0 Å². The molecule has 0 fully saturated rings. The molecule has 0 radical (unpaired) electrons. The maximum Gasteiger partial charge on any atom is 0.230 e. The summed E-state index contributed by atoms with van der Waals surface area (Å²) in [6, 6.07) is 11.9. The predicted molar refractivity (Wildman–Crippen MR) is 90.9 cm³/mol. The summed E-state index contributed by atoms with van der Waals surface area (Å²) in [6.45, 7) is 6.56. The quantitative estimate of drug-likeness (QED) is 0.562. The molecular weight excluding hydrogens is 302 g/mol. The van der Waals surface area contributed by atoms with Crippen LogP contribution in [0, 0.1) is 0 Å². The number of aromatic nitrogens is 5. The van der Waals surface area contributed by atoms with Gasteiger partial charge in [0.05, 0.1) is 11.0 Å². The smallest absolute Gasteiger partial charge is 0.230 e. The Bertz CT molecular complexity index is 995. The topological polar surface area (TPSA) is 69.6 Å². The largest absolute Gasteiger partial charge is 0.333 e. The van der Waals surface area contributed by atoms with Crippen LogP contribution in [0.4, 0.5) is 0 Å². The highest BCUT2D eigenvalue weighted by Crippen LogP contribution is 2.29. The fourth-order valence-corrected chi connectivity index (χ4v) is 2.65. The predicted octanol–water partition coefficient (Wildman–Crippen LogP) is 3.77. The highest BCUT2D eigenvalue weighted by Gasteiger charge is 2.19. The maximum absolute atomic E-state index is 5.33. The van der Waals surface area contributed by atoms with Gasteiger partial charge < -0.3 is 4.52 Å². The molecule has 6 heteroatoms. The normalized spacial score (nSPS) is 12.0. The first-order chi connectivity index (χ1) is 11.5. The lowest BCUT2D eigenvalue weighted by molar-refractivity contribution is 0.402. The average molecular weight is 319 g/mol. The number of pyridine rings is 1. The van der Waals surface area contributed by atoms with Gasteiger partial charge in [-0.3, -0.25) is 9.55 Å². The molecule has 120 valence electrons. The zero-order valence-corrected chi connectivity index (χ0v) is 13.8. The van der Waals surface area contributed by atoms with Gasteiger partial charge in [-0.2, -0.15) is 0 Å². The van der Waals surface area contributed by atoms with Crippen LogP contribution in [-0.2, 0) is 5.41 Å². The van der Waals surface area contributed by atoms with Crippen LogP contribution in [0.5, 0.6) is 0 Å². The Morgan fingerprint density at radius 2 is 1.92 bits per heavy atom. The van der Waals surface area contributed by atoms with Gasteiger partial charge in [-0.05, 0) is 35.2 Å². The van der Waals surface area contributed by atoms with E-state index in [-0.39, 0.29) is 5.41 Å². The Kier molecular flexibility index (Phi) is 3.19. The van der Waals surface area contributed by atoms with Crippen LogP contribution in [-0.4, -0.2) is 24.9 Å². The van der Waals surface area contributed by atoms with E-state index in [1.807, 2.05) is 22.8 Å². The molecule has 0 aliphatic rings. The summed E-state index contributed by atoms with van der Waals surface area (Å²) in [5.41, 5.74) is 3.87. The van der Waals surface area contributed by atoms with E-state index in [0.29, 0.717) is 17.3 Å². The van der Waals surface area contributed by atoms with E-state index in [9.17, 15) is 0 Å². The maximum atomic E-state index is 5.33. The van der Waals surface area contributed by atoms with Crippen molar-refractivity contribution in [1.82, 2.24) is 24.9 Å². The molecule has 0 unspecified atom stereocenters. The third kappa shape index (κ3) is 2.36. The molecule has 0 amide bonds.